The molecule has 0 saturated carbocycles. The van der Waals surface area contributed by atoms with E-state index in [1.54, 1.807) is 11.3 Å². The zero-order chi connectivity index (χ0) is 17.7. The quantitative estimate of drug-likeness (QED) is 0.527. The Morgan fingerprint density at radius 1 is 1.00 bits per heavy atom. The molecule has 7 heteroatoms. The van der Waals surface area contributed by atoms with Gasteiger partial charge in [-0.2, -0.15) is 9.61 Å². The molecule has 0 unspecified atom stereocenters. The molecule has 0 aliphatic carbocycles. The highest BCUT2D eigenvalue weighted by Crippen LogP contribution is 2.33. The number of anilines is 1. The third kappa shape index (κ3) is 2.28. The number of aromatic nitrogens is 5. The SMILES string of the molecule is CN(C)c1ccc(-c2nnc3sc(-c4c[nH]c5ccccc45)nn23)cc1. The molecule has 5 rings (SSSR count). The highest BCUT2D eigenvalue weighted by molar-refractivity contribution is 7.20. The number of hydrogen-bond acceptors (Lipinski definition) is 5. The minimum atomic E-state index is 0.757. The van der Waals surface area contributed by atoms with Crippen molar-refractivity contribution in [2.75, 3.05) is 19.0 Å². The lowest BCUT2D eigenvalue weighted by atomic mass is 10.2. The van der Waals surface area contributed by atoms with Crippen molar-refractivity contribution in [1.29, 1.82) is 0 Å². The molecular formula is C19H16N6S. The molecule has 0 amide bonds. The summed E-state index contributed by atoms with van der Waals surface area (Å²) in [7, 11) is 4.05. The average Bonchev–Trinajstić information content (AvgIpc) is 3.35. The summed E-state index contributed by atoms with van der Waals surface area (Å²) in [5.74, 6) is 0.757. The van der Waals surface area contributed by atoms with Gasteiger partial charge in [-0.1, -0.05) is 29.5 Å². The topological polar surface area (TPSA) is 62.1 Å². The normalized spacial score (nSPS) is 11.5. The lowest BCUT2D eigenvalue weighted by Gasteiger charge is -2.11. The van der Waals surface area contributed by atoms with Crippen LogP contribution in [0.4, 0.5) is 5.69 Å². The highest BCUT2D eigenvalue weighted by Gasteiger charge is 2.16. The van der Waals surface area contributed by atoms with Crippen molar-refractivity contribution in [3.8, 4) is 22.0 Å². The Kier molecular flexibility index (Phi) is 3.29. The molecule has 0 radical (unpaired) electrons. The van der Waals surface area contributed by atoms with Crippen molar-refractivity contribution in [2.45, 2.75) is 0 Å². The first-order valence-corrected chi connectivity index (χ1v) is 9.09. The Morgan fingerprint density at radius 3 is 2.62 bits per heavy atom. The van der Waals surface area contributed by atoms with E-state index in [9.17, 15) is 0 Å². The molecule has 128 valence electrons. The second kappa shape index (κ2) is 5.67. The van der Waals surface area contributed by atoms with Gasteiger partial charge in [-0.3, -0.25) is 0 Å². The van der Waals surface area contributed by atoms with E-state index in [0.29, 0.717) is 0 Å². The van der Waals surface area contributed by atoms with Crippen LogP contribution in [0.5, 0.6) is 0 Å². The Balaban J connectivity index is 1.61. The molecule has 5 aromatic rings. The number of nitrogens with one attached hydrogen (secondary N) is 1. The molecule has 6 nitrogen and oxygen atoms in total. The summed E-state index contributed by atoms with van der Waals surface area (Å²) >= 11 is 1.54. The first-order valence-electron chi connectivity index (χ1n) is 8.27. The second-order valence-electron chi connectivity index (χ2n) is 6.31. The summed E-state index contributed by atoms with van der Waals surface area (Å²) in [5.41, 5.74) is 4.34. The Hall–Kier alpha value is -3.19. The zero-order valence-corrected chi connectivity index (χ0v) is 15.2. The first kappa shape index (κ1) is 15.1. The van der Waals surface area contributed by atoms with Gasteiger partial charge in [0.2, 0.25) is 4.96 Å². The fourth-order valence-corrected chi connectivity index (χ4v) is 3.93. The Morgan fingerprint density at radius 2 is 1.81 bits per heavy atom. The lowest BCUT2D eigenvalue weighted by molar-refractivity contribution is 0.971. The number of aromatic amines is 1. The number of benzene rings is 2. The number of H-pyrrole nitrogens is 1. The summed E-state index contributed by atoms with van der Waals surface area (Å²) in [4.78, 5) is 6.16. The van der Waals surface area contributed by atoms with Crippen molar-refractivity contribution >= 4 is 32.9 Å². The van der Waals surface area contributed by atoms with Crippen LogP contribution < -0.4 is 4.90 Å². The molecule has 0 aliphatic rings. The predicted molar refractivity (Wildman–Crippen MR) is 106 cm³/mol. The van der Waals surface area contributed by atoms with Gasteiger partial charge in [0.25, 0.3) is 0 Å². The van der Waals surface area contributed by atoms with E-state index in [-0.39, 0.29) is 0 Å². The largest absolute Gasteiger partial charge is 0.378 e. The minimum Gasteiger partial charge on any atom is -0.378 e. The monoisotopic (exact) mass is 360 g/mol. The fraction of sp³-hybridized carbons (Fsp3) is 0.105. The minimum absolute atomic E-state index is 0.757. The van der Waals surface area contributed by atoms with Crippen molar-refractivity contribution < 1.29 is 0 Å². The van der Waals surface area contributed by atoms with Crippen LogP contribution >= 0.6 is 11.3 Å². The van der Waals surface area contributed by atoms with Gasteiger partial charge < -0.3 is 9.88 Å². The van der Waals surface area contributed by atoms with Crippen LogP contribution in [0.25, 0.3) is 37.8 Å². The molecule has 26 heavy (non-hydrogen) atoms. The van der Waals surface area contributed by atoms with Crippen molar-refractivity contribution in [3.05, 3.63) is 54.7 Å². The van der Waals surface area contributed by atoms with Crippen LogP contribution in [0, 0.1) is 0 Å². The molecule has 1 N–H and O–H groups in total. The lowest BCUT2D eigenvalue weighted by Crippen LogP contribution is -2.08. The van der Waals surface area contributed by atoms with Crippen LogP contribution in [0.3, 0.4) is 0 Å². The summed E-state index contributed by atoms with van der Waals surface area (Å²) < 4.78 is 1.83. The third-order valence-corrected chi connectivity index (χ3v) is 5.38. The number of nitrogens with zero attached hydrogens (tertiary/aromatic N) is 5. The summed E-state index contributed by atoms with van der Waals surface area (Å²) in [6.07, 6.45) is 2.00. The van der Waals surface area contributed by atoms with E-state index in [0.717, 1.165) is 43.5 Å². The van der Waals surface area contributed by atoms with E-state index in [4.69, 9.17) is 5.10 Å². The maximum atomic E-state index is 4.78. The Labute approximate surface area is 153 Å². The molecule has 2 aromatic carbocycles. The molecule has 3 aromatic heterocycles. The summed E-state index contributed by atoms with van der Waals surface area (Å²) in [5, 5.41) is 15.5. The molecule has 0 saturated heterocycles. The molecular weight excluding hydrogens is 344 g/mol. The maximum Gasteiger partial charge on any atom is 0.235 e. The van der Waals surface area contributed by atoms with Crippen LogP contribution in [-0.2, 0) is 0 Å². The summed E-state index contributed by atoms with van der Waals surface area (Å²) in [6, 6.07) is 16.5. The third-order valence-electron chi connectivity index (χ3n) is 4.45. The van der Waals surface area contributed by atoms with Crippen LogP contribution in [0.1, 0.15) is 0 Å². The standard InChI is InChI=1S/C19H16N6S/c1-24(2)13-9-7-12(8-10-13)17-21-22-19-25(17)23-18(26-19)15-11-20-16-6-4-3-5-14(15)16/h3-11,20H,1-2H3. The Bertz CT molecular complexity index is 1210. The average molecular weight is 360 g/mol. The van der Waals surface area contributed by atoms with Crippen molar-refractivity contribution in [2.24, 2.45) is 0 Å². The molecule has 0 aliphatic heterocycles. The summed E-state index contributed by atoms with van der Waals surface area (Å²) in [6.45, 7) is 0. The molecule has 0 fully saturated rings. The number of fused-ring (bicyclic) bond motifs is 2. The first-order chi connectivity index (χ1) is 12.7. The molecule has 0 atom stereocenters. The van der Waals surface area contributed by atoms with Crippen molar-refractivity contribution in [1.82, 2.24) is 24.8 Å². The molecule has 0 bridgehead atoms. The van der Waals surface area contributed by atoms with Gasteiger partial charge >= 0.3 is 0 Å². The van der Waals surface area contributed by atoms with E-state index in [1.165, 1.54) is 0 Å². The van der Waals surface area contributed by atoms with Gasteiger partial charge in [-0.25, -0.2) is 0 Å². The van der Waals surface area contributed by atoms with Crippen LogP contribution in [0.15, 0.2) is 54.7 Å². The smallest absolute Gasteiger partial charge is 0.235 e. The highest BCUT2D eigenvalue weighted by atomic mass is 32.1. The van der Waals surface area contributed by atoms with Gasteiger partial charge in [-0.15, -0.1) is 10.2 Å². The van der Waals surface area contributed by atoms with E-state index < -0.39 is 0 Å². The van der Waals surface area contributed by atoms with E-state index in [1.807, 2.05) is 36.9 Å². The van der Waals surface area contributed by atoms with Crippen LogP contribution in [-0.4, -0.2) is 38.9 Å². The number of hydrogen-bond donors (Lipinski definition) is 1. The van der Waals surface area contributed by atoms with Gasteiger partial charge in [0, 0.05) is 48.0 Å². The van der Waals surface area contributed by atoms with E-state index >= 15 is 0 Å². The zero-order valence-electron chi connectivity index (χ0n) is 14.3. The van der Waals surface area contributed by atoms with Gasteiger partial charge in [0.1, 0.15) is 5.01 Å². The fourth-order valence-electron chi connectivity index (χ4n) is 3.06. The van der Waals surface area contributed by atoms with E-state index in [2.05, 4.69) is 56.5 Å². The maximum absolute atomic E-state index is 4.78. The number of rotatable bonds is 3. The second-order valence-corrected chi connectivity index (χ2v) is 7.27. The number of para-hydroxylation sites is 1. The van der Waals surface area contributed by atoms with Crippen LogP contribution in [0.2, 0.25) is 0 Å². The molecule has 3 heterocycles. The van der Waals surface area contributed by atoms with Gasteiger partial charge in [-0.05, 0) is 30.3 Å². The van der Waals surface area contributed by atoms with Gasteiger partial charge in [0.15, 0.2) is 5.82 Å². The molecule has 0 spiro atoms. The predicted octanol–water partition coefficient (Wildman–Crippen LogP) is 4.07. The van der Waals surface area contributed by atoms with Gasteiger partial charge in [0.05, 0.1) is 0 Å². The van der Waals surface area contributed by atoms with Crippen molar-refractivity contribution in [3.63, 3.8) is 0 Å².